The zero-order valence-electron chi connectivity index (χ0n) is 12.3. The van der Waals surface area contributed by atoms with Gasteiger partial charge in [-0.25, -0.2) is 9.97 Å². The van der Waals surface area contributed by atoms with Crippen molar-refractivity contribution in [1.29, 1.82) is 0 Å². The number of aromatic nitrogens is 3. The largest absolute Gasteiger partial charge is 0.350 e. The second-order valence-corrected chi connectivity index (χ2v) is 5.06. The molecule has 0 fully saturated rings. The molecule has 0 atom stereocenters. The summed E-state index contributed by atoms with van der Waals surface area (Å²) < 4.78 is 0. The van der Waals surface area contributed by atoms with Crippen LogP contribution in [0.2, 0.25) is 0 Å². The predicted molar refractivity (Wildman–Crippen MR) is 87.4 cm³/mol. The number of rotatable bonds is 6. The minimum Gasteiger partial charge on any atom is -0.350 e. The van der Waals surface area contributed by atoms with Crippen LogP contribution in [0.3, 0.4) is 0 Å². The van der Waals surface area contributed by atoms with E-state index in [-0.39, 0.29) is 0 Å². The highest BCUT2D eigenvalue weighted by Gasteiger charge is 1.99. The van der Waals surface area contributed by atoms with E-state index in [1.54, 1.807) is 12.4 Å². The van der Waals surface area contributed by atoms with E-state index in [0.717, 1.165) is 25.1 Å². The van der Waals surface area contributed by atoms with Gasteiger partial charge in [-0.05, 0) is 42.2 Å². The van der Waals surface area contributed by atoms with E-state index in [1.807, 2.05) is 24.4 Å². The molecule has 0 amide bonds. The van der Waals surface area contributed by atoms with Gasteiger partial charge >= 0.3 is 0 Å². The van der Waals surface area contributed by atoms with Crippen molar-refractivity contribution in [3.05, 3.63) is 83.9 Å². The van der Waals surface area contributed by atoms with Crippen LogP contribution in [0, 0.1) is 0 Å². The quantitative estimate of drug-likeness (QED) is 0.757. The average Bonchev–Trinajstić information content (AvgIpc) is 2.61. The molecule has 0 bridgehead atoms. The Balaban J connectivity index is 1.52. The van der Waals surface area contributed by atoms with Crippen LogP contribution in [0.5, 0.6) is 0 Å². The molecule has 0 spiro atoms. The fourth-order valence-electron chi connectivity index (χ4n) is 2.21. The standard InChI is InChI=1S/C18H18N4/c1-2-11-19-17(4-1)10-9-15-5-7-16(8-6-15)14-22-18-20-12-3-13-21-18/h1-8,11-13H,9-10,14H2,(H,20,21,22). The zero-order chi connectivity index (χ0) is 15.0. The summed E-state index contributed by atoms with van der Waals surface area (Å²) in [6.07, 6.45) is 7.28. The maximum atomic E-state index is 4.35. The lowest BCUT2D eigenvalue weighted by Gasteiger charge is -2.06. The number of nitrogens with zero attached hydrogens (tertiary/aromatic N) is 3. The van der Waals surface area contributed by atoms with Gasteiger partial charge in [-0.3, -0.25) is 4.98 Å². The van der Waals surface area contributed by atoms with E-state index in [9.17, 15) is 0 Å². The molecule has 0 saturated carbocycles. The Morgan fingerprint density at radius 1 is 0.682 bits per heavy atom. The Labute approximate surface area is 130 Å². The number of benzene rings is 1. The van der Waals surface area contributed by atoms with E-state index < -0.39 is 0 Å². The van der Waals surface area contributed by atoms with Crippen molar-refractivity contribution in [3.8, 4) is 0 Å². The van der Waals surface area contributed by atoms with Crippen LogP contribution < -0.4 is 5.32 Å². The molecular formula is C18H18N4. The molecule has 3 rings (SSSR count). The summed E-state index contributed by atoms with van der Waals surface area (Å²) in [6, 6.07) is 16.5. The van der Waals surface area contributed by atoms with Crippen LogP contribution in [0.25, 0.3) is 0 Å². The summed E-state index contributed by atoms with van der Waals surface area (Å²) in [7, 11) is 0. The molecular weight excluding hydrogens is 272 g/mol. The predicted octanol–water partition coefficient (Wildman–Crippen LogP) is 3.27. The van der Waals surface area contributed by atoms with Gasteiger partial charge in [-0.15, -0.1) is 0 Å². The van der Waals surface area contributed by atoms with Crippen LogP contribution in [0.4, 0.5) is 5.95 Å². The monoisotopic (exact) mass is 290 g/mol. The molecule has 110 valence electrons. The fraction of sp³-hybridized carbons (Fsp3) is 0.167. The molecule has 0 aliphatic carbocycles. The van der Waals surface area contributed by atoms with Gasteiger partial charge < -0.3 is 5.32 Å². The Bertz CT molecular complexity index is 619. The van der Waals surface area contributed by atoms with Gasteiger partial charge in [0.15, 0.2) is 0 Å². The molecule has 0 aliphatic heterocycles. The molecule has 4 heteroatoms. The SMILES string of the molecule is c1ccc(CCc2ccc(CNc3ncccn3)cc2)nc1. The first kappa shape index (κ1) is 14.2. The van der Waals surface area contributed by atoms with Gasteiger partial charge in [0.2, 0.25) is 5.95 Å². The van der Waals surface area contributed by atoms with Crippen LogP contribution in [0.15, 0.2) is 67.1 Å². The van der Waals surface area contributed by atoms with Crippen molar-refractivity contribution in [1.82, 2.24) is 15.0 Å². The maximum absolute atomic E-state index is 4.35. The van der Waals surface area contributed by atoms with Crippen LogP contribution >= 0.6 is 0 Å². The van der Waals surface area contributed by atoms with Gasteiger partial charge in [0.1, 0.15) is 0 Å². The van der Waals surface area contributed by atoms with E-state index in [1.165, 1.54) is 11.1 Å². The first-order valence-corrected chi connectivity index (χ1v) is 7.39. The minimum atomic E-state index is 0.654. The highest BCUT2D eigenvalue weighted by atomic mass is 15.1. The lowest BCUT2D eigenvalue weighted by Crippen LogP contribution is -2.03. The van der Waals surface area contributed by atoms with Gasteiger partial charge in [0.05, 0.1) is 0 Å². The molecule has 1 aromatic carbocycles. The summed E-state index contributed by atoms with van der Waals surface area (Å²) >= 11 is 0. The summed E-state index contributed by atoms with van der Waals surface area (Å²) in [5, 5.41) is 3.21. The number of nitrogens with one attached hydrogen (secondary N) is 1. The second kappa shape index (κ2) is 7.31. The molecule has 22 heavy (non-hydrogen) atoms. The molecule has 0 saturated heterocycles. The van der Waals surface area contributed by atoms with Gasteiger partial charge in [-0.2, -0.15) is 0 Å². The highest BCUT2D eigenvalue weighted by Crippen LogP contribution is 2.09. The zero-order valence-corrected chi connectivity index (χ0v) is 12.3. The van der Waals surface area contributed by atoms with Crippen molar-refractivity contribution in [2.75, 3.05) is 5.32 Å². The molecule has 0 unspecified atom stereocenters. The van der Waals surface area contributed by atoms with E-state index in [2.05, 4.69) is 50.6 Å². The Hall–Kier alpha value is -2.75. The fourth-order valence-corrected chi connectivity index (χ4v) is 2.21. The van der Waals surface area contributed by atoms with Gasteiger partial charge in [0.25, 0.3) is 0 Å². The van der Waals surface area contributed by atoms with Crippen molar-refractivity contribution >= 4 is 5.95 Å². The van der Waals surface area contributed by atoms with Crippen molar-refractivity contribution in [2.24, 2.45) is 0 Å². The third-order valence-electron chi connectivity index (χ3n) is 3.44. The number of hydrogen-bond donors (Lipinski definition) is 1. The van der Waals surface area contributed by atoms with Crippen LogP contribution in [0.1, 0.15) is 16.8 Å². The summed E-state index contributed by atoms with van der Waals surface area (Å²) in [5.74, 6) is 0.654. The van der Waals surface area contributed by atoms with Gasteiger partial charge in [-0.1, -0.05) is 30.3 Å². The summed E-state index contributed by atoms with van der Waals surface area (Å²) in [5.41, 5.74) is 3.67. The minimum absolute atomic E-state index is 0.654. The molecule has 3 aromatic rings. The highest BCUT2D eigenvalue weighted by molar-refractivity contribution is 5.29. The Kier molecular flexibility index (Phi) is 4.72. The van der Waals surface area contributed by atoms with Crippen LogP contribution in [-0.4, -0.2) is 15.0 Å². The smallest absolute Gasteiger partial charge is 0.222 e. The lowest BCUT2D eigenvalue weighted by molar-refractivity contribution is 0.912. The molecule has 0 radical (unpaired) electrons. The van der Waals surface area contributed by atoms with E-state index >= 15 is 0 Å². The van der Waals surface area contributed by atoms with Crippen molar-refractivity contribution < 1.29 is 0 Å². The lowest BCUT2D eigenvalue weighted by atomic mass is 10.1. The van der Waals surface area contributed by atoms with E-state index in [0.29, 0.717) is 5.95 Å². The molecule has 1 N–H and O–H groups in total. The Morgan fingerprint density at radius 3 is 2.14 bits per heavy atom. The molecule has 0 aliphatic rings. The van der Waals surface area contributed by atoms with Gasteiger partial charge in [0, 0.05) is 30.8 Å². The number of pyridine rings is 1. The number of hydrogen-bond acceptors (Lipinski definition) is 4. The van der Waals surface area contributed by atoms with Crippen molar-refractivity contribution in [2.45, 2.75) is 19.4 Å². The molecule has 2 aromatic heterocycles. The van der Waals surface area contributed by atoms with Crippen LogP contribution in [-0.2, 0) is 19.4 Å². The summed E-state index contributed by atoms with van der Waals surface area (Å²) in [6.45, 7) is 0.727. The first-order valence-electron chi connectivity index (χ1n) is 7.39. The maximum Gasteiger partial charge on any atom is 0.222 e. The topological polar surface area (TPSA) is 50.7 Å². The summed E-state index contributed by atoms with van der Waals surface area (Å²) in [4.78, 5) is 12.6. The Morgan fingerprint density at radius 2 is 1.41 bits per heavy atom. The normalized spacial score (nSPS) is 10.4. The third-order valence-corrected chi connectivity index (χ3v) is 3.44. The average molecular weight is 290 g/mol. The molecule has 4 nitrogen and oxygen atoms in total. The molecule has 2 heterocycles. The number of anilines is 1. The third kappa shape index (κ3) is 4.12. The first-order chi connectivity index (χ1) is 10.9. The number of aryl methyl sites for hydroxylation is 2. The van der Waals surface area contributed by atoms with E-state index in [4.69, 9.17) is 0 Å². The van der Waals surface area contributed by atoms with Crippen molar-refractivity contribution in [3.63, 3.8) is 0 Å². The second-order valence-electron chi connectivity index (χ2n) is 5.06.